The molecule has 1 aromatic heterocycles. The van der Waals surface area contributed by atoms with Crippen molar-refractivity contribution in [1.29, 1.82) is 0 Å². The van der Waals surface area contributed by atoms with E-state index in [1.165, 1.54) is 6.20 Å². The minimum absolute atomic E-state index is 0.0114. The number of hydrogen-bond donors (Lipinski definition) is 4. The van der Waals surface area contributed by atoms with Crippen LogP contribution in [0.2, 0.25) is 5.02 Å². The Morgan fingerprint density at radius 2 is 1.94 bits per heavy atom. The van der Waals surface area contributed by atoms with Crippen LogP contribution < -0.4 is 26.2 Å². The summed E-state index contributed by atoms with van der Waals surface area (Å²) in [6.45, 7) is 0. The molecule has 0 bridgehead atoms. The summed E-state index contributed by atoms with van der Waals surface area (Å²) in [5.74, 6) is 0.447. The fourth-order valence-electron chi connectivity index (χ4n) is 3.65. The first-order valence-electron chi connectivity index (χ1n) is 10.9. The molecule has 0 spiro atoms. The number of carbonyl (C=O) groups is 2. The number of amides is 2. The van der Waals surface area contributed by atoms with Crippen molar-refractivity contribution in [3.05, 3.63) is 58.7 Å². The Bertz CT molecular complexity index is 1250. The van der Waals surface area contributed by atoms with Crippen LogP contribution in [0.4, 0.5) is 34.5 Å². The Morgan fingerprint density at radius 1 is 1.12 bits per heavy atom. The van der Waals surface area contributed by atoms with E-state index in [1.807, 2.05) is 43.3 Å². The van der Waals surface area contributed by atoms with E-state index in [2.05, 4.69) is 31.2 Å². The molecule has 4 N–H and O–H groups in total. The van der Waals surface area contributed by atoms with Crippen LogP contribution in [0.25, 0.3) is 0 Å². The molecule has 2 amide bonds. The largest absolute Gasteiger partial charge is 0.378 e. The monoisotopic (exact) mass is 479 g/mol. The first-order chi connectivity index (χ1) is 16.3. The number of nitrogens with one attached hydrogen (secondary N) is 4. The van der Waals surface area contributed by atoms with Crippen LogP contribution in [0.15, 0.2) is 42.6 Å². The normalized spacial score (nSPS) is 12.8. The zero-order chi connectivity index (χ0) is 24.2. The van der Waals surface area contributed by atoms with Gasteiger partial charge in [0.15, 0.2) is 5.82 Å². The molecule has 3 aromatic rings. The number of anilines is 6. The van der Waals surface area contributed by atoms with Crippen molar-refractivity contribution in [1.82, 2.24) is 15.3 Å². The lowest BCUT2D eigenvalue weighted by atomic mass is 10.1. The predicted octanol–water partition coefficient (Wildman–Crippen LogP) is 4.32. The standard InChI is InChI=1S/C24H26ClN7O2/c1-26-23(34)17-12-16(32(2)3)9-10-19(17)30-22-18(25)13-27-24(31-22)28-15-8-7-14-5-4-6-21(33)29-20(14)11-15/h7-13H,4-6H2,1-3H3,(H,26,34)(H,29,33)(H2,27,28,30,31). The van der Waals surface area contributed by atoms with Crippen LogP contribution in [0.5, 0.6) is 0 Å². The van der Waals surface area contributed by atoms with E-state index in [9.17, 15) is 9.59 Å². The third-order valence-corrected chi connectivity index (χ3v) is 5.76. The average Bonchev–Trinajstić information content (AvgIpc) is 3.00. The van der Waals surface area contributed by atoms with E-state index in [0.717, 1.165) is 35.5 Å². The molecule has 1 aliphatic rings. The summed E-state index contributed by atoms with van der Waals surface area (Å²) in [5, 5.41) is 12.2. The fraction of sp³-hybridized carbons (Fsp3) is 0.250. The lowest BCUT2D eigenvalue weighted by Gasteiger charge is -2.17. The van der Waals surface area contributed by atoms with Crippen LogP contribution in [0, 0.1) is 0 Å². The highest BCUT2D eigenvalue weighted by molar-refractivity contribution is 6.33. The number of rotatable bonds is 6. The SMILES string of the molecule is CNC(=O)c1cc(N(C)C)ccc1Nc1nc(Nc2ccc3c(c2)NC(=O)CCC3)ncc1Cl. The minimum atomic E-state index is -0.234. The number of fused-ring (bicyclic) bond motifs is 1. The Morgan fingerprint density at radius 3 is 2.71 bits per heavy atom. The maximum Gasteiger partial charge on any atom is 0.253 e. The topological polar surface area (TPSA) is 111 Å². The Balaban J connectivity index is 1.60. The molecule has 0 aliphatic carbocycles. The highest BCUT2D eigenvalue weighted by atomic mass is 35.5. The average molecular weight is 480 g/mol. The zero-order valence-corrected chi connectivity index (χ0v) is 20.0. The number of carbonyl (C=O) groups excluding carboxylic acids is 2. The highest BCUT2D eigenvalue weighted by Gasteiger charge is 2.16. The third-order valence-electron chi connectivity index (χ3n) is 5.48. The molecule has 0 saturated heterocycles. The summed E-state index contributed by atoms with van der Waals surface area (Å²) in [5.41, 5.74) is 4.52. The van der Waals surface area contributed by atoms with Crippen LogP contribution in [-0.4, -0.2) is 42.9 Å². The van der Waals surface area contributed by atoms with Gasteiger partial charge >= 0.3 is 0 Å². The molecule has 4 rings (SSSR count). The second-order valence-corrected chi connectivity index (χ2v) is 8.52. The van der Waals surface area contributed by atoms with Crippen molar-refractivity contribution >= 4 is 57.9 Å². The van der Waals surface area contributed by atoms with E-state index in [0.29, 0.717) is 34.5 Å². The summed E-state index contributed by atoms with van der Waals surface area (Å²) in [6, 6.07) is 11.3. The fourth-order valence-corrected chi connectivity index (χ4v) is 3.79. The molecular weight excluding hydrogens is 454 g/mol. The van der Waals surface area contributed by atoms with Gasteiger partial charge in [0.2, 0.25) is 11.9 Å². The van der Waals surface area contributed by atoms with Gasteiger partial charge in [-0.05, 0) is 48.7 Å². The Kier molecular flexibility index (Phi) is 6.83. The summed E-state index contributed by atoms with van der Waals surface area (Å²) < 4.78 is 0. The molecule has 0 unspecified atom stereocenters. The lowest BCUT2D eigenvalue weighted by molar-refractivity contribution is -0.116. The molecule has 0 radical (unpaired) electrons. The maximum absolute atomic E-state index is 12.5. The second-order valence-electron chi connectivity index (χ2n) is 8.12. The molecule has 2 heterocycles. The number of aromatic nitrogens is 2. The summed E-state index contributed by atoms with van der Waals surface area (Å²) >= 11 is 6.35. The molecule has 10 heteroatoms. The van der Waals surface area contributed by atoms with Gasteiger partial charge in [0.25, 0.3) is 5.91 Å². The molecule has 0 fully saturated rings. The minimum Gasteiger partial charge on any atom is -0.378 e. The van der Waals surface area contributed by atoms with Crippen molar-refractivity contribution in [3.8, 4) is 0 Å². The van der Waals surface area contributed by atoms with Crippen LogP contribution in [-0.2, 0) is 11.2 Å². The lowest BCUT2D eigenvalue weighted by Crippen LogP contribution is -2.20. The summed E-state index contributed by atoms with van der Waals surface area (Å²) in [7, 11) is 5.39. The van der Waals surface area contributed by atoms with Crippen molar-refractivity contribution in [2.45, 2.75) is 19.3 Å². The molecule has 2 aromatic carbocycles. The Hall–Kier alpha value is -3.85. The number of benzene rings is 2. The highest BCUT2D eigenvalue weighted by Crippen LogP contribution is 2.30. The maximum atomic E-state index is 12.5. The molecular formula is C24H26ClN7O2. The van der Waals surface area contributed by atoms with E-state index in [-0.39, 0.29) is 11.8 Å². The zero-order valence-electron chi connectivity index (χ0n) is 19.2. The first kappa shape index (κ1) is 23.3. The predicted molar refractivity (Wildman–Crippen MR) is 136 cm³/mol. The molecule has 176 valence electrons. The van der Waals surface area contributed by atoms with Crippen LogP contribution in [0.1, 0.15) is 28.8 Å². The molecule has 0 atom stereocenters. The van der Waals surface area contributed by atoms with Gasteiger partial charge in [0.05, 0.1) is 17.4 Å². The Labute approximate surface area is 202 Å². The molecule has 0 saturated carbocycles. The van der Waals surface area contributed by atoms with Gasteiger partial charge in [0, 0.05) is 44.6 Å². The van der Waals surface area contributed by atoms with E-state index < -0.39 is 0 Å². The smallest absolute Gasteiger partial charge is 0.253 e. The molecule has 1 aliphatic heterocycles. The summed E-state index contributed by atoms with van der Waals surface area (Å²) in [4.78, 5) is 35.1. The number of halogens is 1. The first-order valence-corrected chi connectivity index (χ1v) is 11.2. The van der Waals surface area contributed by atoms with E-state index >= 15 is 0 Å². The van der Waals surface area contributed by atoms with E-state index in [1.54, 1.807) is 19.2 Å². The van der Waals surface area contributed by atoms with Gasteiger partial charge < -0.3 is 26.2 Å². The second kappa shape index (κ2) is 9.96. The van der Waals surface area contributed by atoms with Gasteiger partial charge in [0.1, 0.15) is 5.02 Å². The van der Waals surface area contributed by atoms with Crippen LogP contribution >= 0.6 is 11.6 Å². The summed E-state index contributed by atoms with van der Waals surface area (Å²) in [6.07, 6.45) is 3.67. The number of hydrogen-bond acceptors (Lipinski definition) is 7. The van der Waals surface area contributed by atoms with Crippen molar-refractivity contribution in [3.63, 3.8) is 0 Å². The van der Waals surface area contributed by atoms with E-state index in [4.69, 9.17) is 11.6 Å². The van der Waals surface area contributed by atoms with Crippen LogP contribution in [0.3, 0.4) is 0 Å². The third kappa shape index (κ3) is 5.20. The quantitative estimate of drug-likeness (QED) is 0.416. The van der Waals surface area contributed by atoms with Gasteiger partial charge in [-0.2, -0.15) is 4.98 Å². The number of nitrogens with zero attached hydrogens (tertiary/aromatic N) is 3. The molecule has 9 nitrogen and oxygen atoms in total. The van der Waals surface area contributed by atoms with Gasteiger partial charge in [-0.25, -0.2) is 4.98 Å². The number of aryl methyl sites for hydroxylation is 1. The van der Waals surface area contributed by atoms with Crippen molar-refractivity contribution < 1.29 is 9.59 Å². The molecule has 34 heavy (non-hydrogen) atoms. The van der Waals surface area contributed by atoms with Gasteiger partial charge in [-0.15, -0.1) is 0 Å². The van der Waals surface area contributed by atoms with Crippen molar-refractivity contribution in [2.75, 3.05) is 42.0 Å². The van der Waals surface area contributed by atoms with Crippen molar-refractivity contribution in [2.24, 2.45) is 0 Å². The van der Waals surface area contributed by atoms with Gasteiger partial charge in [-0.1, -0.05) is 17.7 Å². The van der Waals surface area contributed by atoms with Gasteiger partial charge in [-0.3, -0.25) is 9.59 Å².